The highest BCUT2D eigenvalue weighted by Crippen LogP contribution is 2.55. The van der Waals surface area contributed by atoms with Crippen LogP contribution in [0.4, 0.5) is 0 Å². The molecule has 43 heavy (non-hydrogen) atoms. The average Bonchev–Trinajstić information content (AvgIpc) is 3.06. The Hall–Kier alpha value is -5.47. The first kappa shape index (κ1) is 30.5. The van der Waals surface area contributed by atoms with Crippen LogP contribution in [-0.4, -0.2) is 41.8 Å². The molecule has 0 aliphatic carbocycles. The molecular formula is C28H24O15. The van der Waals surface area contributed by atoms with Gasteiger partial charge in [-0.3, -0.25) is 24.0 Å². The van der Waals surface area contributed by atoms with Crippen molar-refractivity contribution >= 4 is 41.8 Å². The first-order valence-electron chi connectivity index (χ1n) is 12.5. The Morgan fingerprint density at radius 3 is 1.86 bits per heavy atom. The summed E-state index contributed by atoms with van der Waals surface area (Å²) in [6.07, 6.45) is -3.66. The van der Waals surface area contributed by atoms with Crippen molar-refractivity contribution in [2.75, 3.05) is 0 Å². The number of carbonyl (C=O) groups is 7. The number of hydrogen-bond donors (Lipinski definition) is 0. The van der Waals surface area contributed by atoms with Crippen LogP contribution in [0.1, 0.15) is 90.2 Å². The molecule has 0 N–H and O–H groups in total. The molecule has 2 aliphatic rings. The van der Waals surface area contributed by atoms with Crippen molar-refractivity contribution in [3.63, 3.8) is 0 Å². The van der Waals surface area contributed by atoms with Crippen molar-refractivity contribution in [3.8, 4) is 28.7 Å². The van der Waals surface area contributed by atoms with Crippen LogP contribution in [0.3, 0.4) is 0 Å². The number of rotatable bonds is 6. The number of esters is 7. The summed E-state index contributed by atoms with van der Waals surface area (Å²) in [7, 11) is 0. The molecule has 2 aromatic carbocycles. The molecule has 15 heteroatoms. The predicted molar refractivity (Wildman–Crippen MR) is 136 cm³/mol. The molecule has 226 valence electrons. The van der Waals surface area contributed by atoms with E-state index in [1.807, 2.05) is 0 Å². The number of hydrogen-bond acceptors (Lipinski definition) is 15. The van der Waals surface area contributed by atoms with Crippen LogP contribution >= 0.6 is 0 Å². The molecule has 0 spiro atoms. The second kappa shape index (κ2) is 11.4. The lowest BCUT2D eigenvalue weighted by Crippen LogP contribution is -2.19. The van der Waals surface area contributed by atoms with Gasteiger partial charge in [-0.15, -0.1) is 0 Å². The Balaban J connectivity index is 2.13. The van der Waals surface area contributed by atoms with Crippen molar-refractivity contribution in [3.05, 3.63) is 39.4 Å². The molecule has 15 nitrogen and oxygen atoms in total. The number of benzene rings is 2. The topological polar surface area (TPSA) is 193 Å². The molecule has 1 unspecified atom stereocenters. The normalized spacial score (nSPS) is 14.6. The van der Waals surface area contributed by atoms with Gasteiger partial charge in [0.2, 0.25) is 0 Å². The first-order valence-corrected chi connectivity index (χ1v) is 12.5. The summed E-state index contributed by atoms with van der Waals surface area (Å²) in [6, 6.07) is 1.23. The molecule has 1 atom stereocenters. The van der Waals surface area contributed by atoms with Gasteiger partial charge in [0, 0.05) is 40.2 Å². The minimum absolute atomic E-state index is 0.0542. The SMILES string of the molecule is CC(=O)Oc1cc(C)c2c(c1C(OC(C)=O)OC(C)=O)Oc1c(c(C)c(OC(C)=O)c3c1C(OC(C)=O)OC3=O)OC2=O. The third kappa shape index (κ3) is 5.82. The number of aryl methyl sites for hydroxylation is 1. The molecule has 0 radical (unpaired) electrons. The van der Waals surface area contributed by atoms with Gasteiger partial charge in [0.25, 0.3) is 12.6 Å². The van der Waals surface area contributed by atoms with Crippen molar-refractivity contribution in [2.45, 2.75) is 61.0 Å². The Bertz CT molecular complexity index is 1620. The lowest BCUT2D eigenvalue weighted by molar-refractivity contribution is -0.187. The smallest absolute Gasteiger partial charge is 0.347 e. The second-order valence-corrected chi connectivity index (χ2v) is 9.29. The van der Waals surface area contributed by atoms with Crippen LogP contribution in [-0.2, 0) is 42.9 Å². The highest BCUT2D eigenvalue weighted by Gasteiger charge is 2.46. The maximum atomic E-state index is 13.6. The molecule has 0 amide bonds. The Morgan fingerprint density at radius 2 is 1.33 bits per heavy atom. The largest absolute Gasteiger partial charge is 0.451 e. The third-order valence-electron chi connectivity index (χ3n) is 5.92. The summed E-state index contributed by atoms with van der Waals surface area (Å²) < 4.78 is 43.2. The van der Waals surface area contributed by atoms with Crippen LogP contribution in [0.15, 0.2) is 6.07 Å². The third-order valence-corrected chi connectivity index (χ3v) is 5.92. The lowest BCUT2D eigenvalue weighted by atomic mass is 10.00. The fraction of sp³-hybridized carbons (Fsp3) is 0.321. The standard InChI is InChI=1S/C28H24O15/c1-9-8-16(36-11(3)29)18(27(38-13(5)31)39-14(6)32)23-17(9)25(34)42-22-10(2)21(37-12(4)30)19-20(24(22)41-23)28(40-15(7)33)43-26(19)35/h8,27-28H,1-7H3. The van der Waals surface area contributed by atoms with E-state index in [9.17, 15) is 33.6 Å². The Morgan fingerprint density at radius 1 is 0.721 bits per heavy atom. The lowest BCUT2D eigenvalue weighted by Gasteiger charge is -2.24. The maximum absolute atomic E-state index is 13.6. The maximum Gasteiger partial charge on any atom is 0.347 e. The van der Waals surface area contributed by atoms with Crippen LogP contribution in [0.2, 0.25) is 0 Å². The minimum Gasteiger partial charge on any atom is -0.451 e. The second-order valence-electron chi connectivity index (χ2n) is 9.29. The van der Waals surface area contributed by atoms with E-state index in [2.05, 4.69) is 0 Å². The zero-order chi connectivity index (χ0) is 31.9. The van der Waals surface area contributed by atoms with Crippen molar-refractivity contribution < 1.29 is 71.5 Å². The molecule has 0 saturated carbocycles. The highest BCUT2D eigenvalue weighted by atomic mass is 16.7. The number of cyclic esters (lactones) is 1. The van der Waals surface area contributed by atoms with Gasteiger partial charge in [0.1, 0.15) is 22.4 Å². The van der Waals surface area contributed by atoms with Gasteiger partial charge in [0.15, 0.2) is 23.0 Å². The summed E-state index contributed by atoms with van der Waals surface area (Å²) in [6.45, 7) is 8.00. The monoisotopic (exact) mass is 600 g/mol. The predicted octanol–water partition coefficient (Wildman–Crippen LogP) is 3.34. The minimum atomic E-state index is -1.91. The zero-order valence-corrected chi connectivity index (χ0v) is 23.9. The summed E-state index contributed by atoms with van der Waals surface area (Å²) in [4.78, 5) is 86.6. The molecule has 0 saturated heterocycles. The van der Waals surface area contributed by atoms with E-state index in [1.165, 1.54) is 19.9 Å². The number of fused-ring (bicyclic) bond motifs is 4. The van der Waals surface area contributed by atoms with Crippen molar-refractivity contribution in [2.24, 2.45) is 0 Å². The van der Waals surface area contributed by atoms with Crippen LogP contribution in [0.25, 0.3) is 0 Å². The Kier molecular flexibility index (Phi) is 8.10. The van der Waals surface area contributed by atoms with Crippen molar-refractivity contribution in [1.29, 1.82) is 0 Å². The fourth-order valence-corrected chi connectivity index (χ4v) is 4.47. The van der Waals surface area contributed by atoms with E-state index in [1.54, 1.807) is 0 Å². The molecule has 0 aromatic heterocycles. The zero-order valence-electron chi connectivity index (χ0n) is 23.9. The van der Waals surface area contributed by atoms with Gasteiger partial charge in [0.05, 0.1) is 5.56 Å². The molecule has 4 rings (SSSR count). The van der Waals surface area contributed by atoms with Crippen LogP contribution < -0.4 is 18.9 Å². The molecular weight excluding hydrogens is 576 g/mol. The van der Waals surface area contributed by atoms with Crippen LogP contribution in [0.5, 0.6) is 28.7 Å². The number of carbonyl (C=O) groups excluding carboxylic acids is 7. The summed E-state index contributed by atoms with van der Waals surface area (Å²) in [5.41, 5.74) is -1.27. The molecule has 0 fully saturated rings. The summed E-state index contributed by atoms with van der Waals surface area (Å²) in [5, 5.41) is 0. The van der Waals surface area contributed by atoms with E-state index in [0.29, 0.717) is 0 Å². The van der Waals surface area contributed by atoms with Gasteiger partial charge in [-0.1, -0.05) is 0 Å². The van der Waals surface area contributed by atoms with E-state index in [4.69, 9.17) is 37.9 Å². The van der Waals surface area contributed by atoms with Crippen LogP contribution in [0, 0.1) is 13.8 Å². The average molecular weight is 600 g/mol. The van der Waals surface area contributed by atoms with E-state index in [-0.39, 0.29) is 45.1 Å². The van der Waals surface area contributed by atoms with E-state index >= 15 is 0 Å². The molecule has 2 aromatic rings. The van der Waals surface area contributed by atoms with E-state index in [0.717, 1.165) is 34.6 Å². The first-order chi connectivity index (χ1) is 20.1. The summed E-state index contributed by atoms with van der Waals surface area (Å²) in [5.74, 6) is -8.42. The van der Waals surface area contributed by atoms with Crippen molar-refractivity contribution in [1.82, 2.24) is 0 Å². The summed E-state index contributed by atoms with van der Waals surface area (Å²) >= 11 is 0. The quantitative estimate of drug-likeness (QED) is 0.266. The van der Waals surface area contributed by atoms with Gasteiger partial charge >= 0.3 is 41.8 Å². The van der Waals surface area contributed by atoms with Gasteiger partial charge in [-0.2, -0.15) is 0 Å². The number of ether oxygens (including phenoxy) is 8. The Labute approximate surface area is 242 Å². The van der Waals surface area contributed by atoms with E-state index < -0.39 is 71.4 Å². The molecule has 0 bridgehead atoms. The molecule has 2 aliphatic heterocycles. The fourth-order valence-electron chi connectivity index (χ4n) is 4.47. The van der Waals surface area contributed by atoms with Gasteiger partial charge in [-0.25, -0.2) is 9.59 Å². The highest BCUT2D eigenvalue weighted by molar-refractivity contribution is 6.03. The van der Waals surface area contributed by atoms with Gasteiger partial charge in [-0.05, 0) is 25.5 Å². The van der Waals surface area contributed by atoms with Gasteiger partial charge < -0.3 is 37.9 Å². The molecule has 2 heterocycles.